The van der Waals surface area contributed by atoms with Crippen molar-refractivity contribution in [2.75, 3.05) is 59.4 Å². The summed E-state index contributed by atoms with van der Waals surface area (Å²) in [5.74, 6) is 0. The Labute approximate surface area is 113 Å². The van der Waals surface area contributed by atoms with Gasteiger partial charge in [-0.3, -0.25) is 14.7 Å². The highest BCUT2D eigenvalue weighted by Crippen LogP contribution is 2.13. The Morgan fingerprint density at radius 2 is 1.00 bits per heavy atom. The predicted molar refractivity (Wildman–Crippen MR) is 76.8 cm³/mol. The van der Waals surface area contributed by atoms with Gasteiger partial charge in [0.1, 0.15) is 0 Å². The lowest BCUT2D eigenvalue weighted by molar-refractivity contribution is -0.00795. The third-order valence-corrected chi connectivity index (χ3v) is 4.67. The Hall–Kier alpha value is -0.160. The second kappa shape index (κ2) is 6.33. The minimum absolute atomic E-state index is 0.619. The van der Waals surface area contributed by atoms with E-state index >= 15 is 0 Å². The molecule has 1 atom stereocenters. The second-order valence-corrected chi connectivity index (χ2v) is 6.14. The first-order valence-corrected chi connectivity index (χ1v) is 7.48. The molecule has 0 bridgehead atoms. The van der Waals surface area contributed by atoms with Gasteiger partial charge in [-0.1, -0.05) is 0 Å². The molecule has 1 unspecified atom stereocenters. The van der Waals surface area contributed by atoms with Crippen molar-refractivity contribution in [2.45, 2.75) is 33.0 Å². The van der Waals surface area contributed by atoms with E-state index in [4.69, 9.17) is 0 Å². The average Bonchev–Trinajstić information content (AvgIpc) is 2.39. The molecule has 0 aliphatic carbocycles. The van der Waals surface area contributed by atoms with Crippen molar-refractivity contribution in [3.05, 3.63) is 0 Å². The van der Waals surface area contributed by atoms with Gasteiger partial charge in [-0.05, 0) is 27.8 Å². The number of nitrogens with zero attached hydrogens (tertiary/aromatic N) is 4. The van der Waals surface area contributed by atoms with Crippen LogP contribution in [0.5, 0.6) is 0 Å². The van der Waals surface area contributed by atoms with Crippen LogP contribution in [0.1, 0.15) is 20.8 Å². The van der Waals surface area contributed by atoms with Gasteiger partial charge >= 0.3 is 0 Å². The van der Waals surface area contributed by atoms with Crippen LogP contribution in [0.3, 0.4) is 0 Å². The molecule has 0 saturated carbocycles. The lowest BCUT2D eigenvalue weighted by Gasteiger charge is -2.45. The molecule has 2 aliphatic rings. The topological polar surface area (TPSA) is 13.0 Å². The number of hydrogen-bond acceptors (Lipinski definition) is 4. The summed E-state index contributed by atoms with van der Waals surface area (Å²) in [6.45, 7) is 16.8. The van der Waals surface area contributed by atoms with Gasteiger partial charge in [0.15, 0.2) is 0 Å². The maximum atomic E-state index is 2.66. The molecule has 0 aromatic rings. The van der Waals surface area contributed by atoms with Crippen LogP contribution in [-0.2, 0) is 0 Å². The van der Waals surface area contributed by atoms with Crippen molar-refractivity contribution in [1.29, 1.82) is 0 Å². The van der Waals surface area contributed by atoms with E-state index in [-0.39, 0.29) is 0 Å². The van der Waals surface area contributed by atoms with Crippen LogP contribution in [0.15, 0.2) is 0 Å². The first-order valence-electron chi connectivity index (χ1n) is 7.48. The minimum atomic E-state index is 0.619. The zero-order chi connectivity index (χ0) is 13.1. The van der Waals surface area contributed by atoms with Crippen LogP contribution in [-0.4, -0.2) is 91.2 Å². The predicted octanol–water partition coefficient (Wildman–Crippen LogP) is 0.606. The van der Waals surface area contributed by atoms with E-state index in [9.17, 15) is 0 Å². The van der Waals surface area contributed by atoms with Crippen LogP contribution >= 0.6 is 0 Å². The number of likely N-dealkylation sites (N-methyl/N-ethyl adjacent to an activating group) is 1. The van der Waals surface area contributed by atoms with E-state index in [0.717, 1.165) is 0 Å². The fourth-order valence-corrected chi connectivity index (χ4v) is 3.05. The molecule has 2 heterocycles. The fraction of sp³-hybridized carbons (Fsp3) is 1.00. The molecule has 0 aromatic heterocycles. The molecular weight excluding hydrogens is 224 g/mol. The summed E-state index contributed by atoms with van der Waals surface area (Å²) in [6.07, 6.45) is 0.619. The first-order chi connectivity index (χ1) is 8.58. The molecule has 0 spiro atoms. The Kier molecular flexibility index (Phi) is 5.01. The van der Waals surface area contributed by atoms with Gasteiger partial charge in [0.25, 0.3) is 0 Å². The van der Waals surface area contributed by atoms with Crippen LogP contribution in [0, 0.1) is 0 Å². The molecule has 0 aromatic carbocycles. The van der Waals surface area contributed by atoms with Gasteiger partial charge < -0.3 is 4.90 Å². The third-order valence-electron chi connectivity index (χ3n) is 4.67. The van der Waals surface area contributed by atoms with E-state index in [1.165, 1.54) is 52.4 Å². The first kappa shape index (κ1) is 14.3. The van der Waals surface area contributed by atoms with Crippen LogP contribution < -0.4 is 0 Å². The molecule has 18 heavy (non-hydrogen) atoms. The van der Waals surface area contributed by atoms with Gasteiger partial charge in [0.2, 0.25) is 0 Å². The van der Waals surface area contributed by atoms with Crippen molar-refractivity contribution in [1.82, 2.24) is 19.6 Å². The summed E-state index contributed by atoms with van der Waals surface area (Å²) in [4.78, 5) is 10.3. The highest BCUT2D eigenvalue weighted by atomic mass is 15.4. The quantitative estimate of drug-likeness (QED) is 0.731. The molecule has 0 N–H and O–H groups in total. The van der Waals surface area contributed by atoms with E-state index in [2.05, 4.69) is 47.4 Å². The van der Waals surface area contributed by atoms with Crippen molar-refractivity contribution < 1.29 is 0 Å². The summed E-state index contributed by atoms with van der Waals surface area (Å²) >= 11 is 0. The van der Waals surface area contributed by atoms with Gasteiger partial charge in [0, 0.05) is 58.4 Å². The third kappa shape index (κ3) is 3.44. The van der Waals surface area contributed by atoms with E-state index in [1.54, 1.807) is 0 Å². The molecule has 2 rings (SSSR count). The smallest absolute Gasteiger partial charge is 0.0595 e. The number of rotatable bonds is 3. The van der Waals surface area contributed by atoms with Crippen molar-refractivity contribution >= 4 is 0 Å². The molecule has 2 fully saturated rings. The summed E-state index contributed by atoms with van der Waals surface area (Å²) in [6, 6.07) is 0.700. The Bertz CT molecular complexity index is 240. The zero-order valence-electron chi connectivity index (χ0n) is 12.6. The summed E-state index contributed by atoms with van der Waals surface area (Å²) in [5, 5.41) is 0. The fourth-order valence-electron chi connectivity index (χ4n) is 3.05. The lowest BCUT2D eigenvalue weighted by Crippen LogP contribution is -2.58. The van der Waals surface area contributed by atoms with Gasteiger partial charge in [-0.2, -0.15) is 0 Å². The molecule has 0 amide bonds. The highest BCUT2D eigenvalue weighted by Gasteiger charge is 2.27. The van der Waals surface area contributed by atoms with E-state index < -0.39 is 0 Å². The summed E-state index contributed by atoms with van der Waals surface area (Å²) < 4.78 is 0. The Morgan fingerprint density at radius 3 is 1.44 bits per heavy atom. The Balaban J connectivity index is 1.78. The van der Waals surface area contributed by atoms with E-state index in [1.807, 2.05) is 0 Å². The van der Waals surface area contributed by atoms with Crippen LogP contribution in [0.4, 0.5) is 0 Å². The van der Waals surface area contributed by atoms with Gasteiger partial charge in [-0.15, -0.1) is 0 Å². The second-order valence-electron chi connectivity index (χ2n) is 6.14. The molecule has 2 saturated heterocycles. The highest BCUT2D eigenvalue weighted by molar-refractivity contribution is 4.80. The molecule has 4 nitrogen and oxygen atoms in total. The molecule has 106 valence electrons. The molecule has 4 heteroatoms. The maximum Gasteiger partial charge on any atom is 0.0595 e. The normalized spacial score (nSPS) is 27.8. The monoisotopic (exact) mass is 254 g/mol. The van der Waals surface area contributed by atoms with Gasteiger partial charge in [-0.25, -0.2) is 0 Å². The SMILES string of the molecule is CC(C)N1CCN(C(C)N2CCN(C)CC2)CC1. The summed E-state index contributed by atoms with van der Waals surface area (Å²) in [7, 11) is 2.23. The number of hydrogen-bond donors (Lipinski definition) is 0. The largest absolute Gasteiger partial charge is 0.304 e. The van der Waals surface area contributed by atoms with Crippen LogP contribution in [0.25, 0.3) is 0 Å². The van der Waals surface area contributed by atoms with Crippen molar-refractivity contribution in [3.8, 4) is 0 Å². The molecule has 2 aliphatic heterocycles. The van der Waals surface area contributed by atoms with Crippen LogP contribution in [0.2, 0.25) is 0 Å². The molecule has 0 radical (unpaired) electrons. The standard InChI is InChI=1S/C14H30N4/c1-13(2)16-9-11-18(12-10-16)14(3)17-7-5-15(4)6-8-17/h13-14H,5-12H2,1-4H3. The molecular formula is C14H30N4. The number of piperazine rings is 2. The van der Waals surface area contributed by atoms with Crippen molar-refractivity contribution in [3.63, 3.8) is 0 Å². The summed E-state index contributed by atoms with van der Waals surface area (Å²) in [5.41, 5.74) is 0. The minimum Gasteiger partial charge on any atom is -0.304 e. The maximum absolute atomic E-state index is 2.66. The van der Waals surface area contributed by atoms with E-state index in [0.29, 0.717) is 12.2 Å². The zero-order valence-corrected chi connectivity index (χ0v) is 12.6. The lowest BCUT2D eigenvalue weighted by atomic mass is 10.2. The Morgan fingerprint density at radius 1 is 0.611 bits per heavy atom. The average molecular weight is 254 g/mol. The van der Waals surface area contributed by atoms with Crippen molar-refractivity contribution in [2.24, 2.45) is 0 Å². The van der Waals surface area contributed by atoms with Gasteiger partial charge in [0.05, 0.1) is 6.17 Å².